The third-order valence-corrected chi connectivity index (χ3v) is 6.21. The minimum atomic E-state index is -4.51. The van der Waals surface area contributed by atoms with Gasteiger partial charge in [-0.1, -0.05) is 12.8 Å². The van der Waals surface area contributed by atoms with Gasteiger partial charge in [-0.25, -0.2) is 0 Å². The zero-order valence-corrected chi connectivity index (χ0v) is 16.0. The molecule has 1 aromatic heterocycles. The van der Waals surface area contributed by atoms with E-state index in [9.17, 15) is 27.6 Å². The highest BCUT2D eigenvalue weighted by molar-refractivity contribution is 7.14. The number of thiophene rings is 1. The Morgan fingerprint density at radius 2 is 1.86 bits per heavy atom. The van der Waals surface area contributed by atoms with E-state index in [2.05, 4.69) is 10.9 Å². The summed E-state index contributed by atoms with van der Waals surface area (Å²) < 4.78 is 37.3. The van der Waals surface area contributed by atoms with Crippen LogP contribution in [0.25, 0.3) is 0 Å². The average Bonchev–Trinajstić information content (AvgIpc) is 3.15. The van der Waals surface area contributed by atoms with E-state index in [1.54, 1.807) is 0 Å². The molecule has 3 rings (SSSR count). The van der Waals surface area contributed by atoms with Crippen LogP contribution < -0.4 is 10.9 Å². The molecule has 1 aromatic rings. The van der Waals surface area contributed by atoms with Crippen molar-refractivity contribution in [3.63, 3.8) is 0 Å². The zero-order valence-electron chi connectivity index (χ0n) is 15.2. The highest BCUT2D eigenvalue weighted by Gasteiger charge is 2.40. The summed E-state index contributed by atoms with van der Waals surface area (Å²) in [5.41, 5.74) is 5.73. The fraction of sp³-hybridized carbons (Fsp3) is 0.611. The molecule has 1 unspecified atom stereocenters. The normalized spacial score (nSPS) is 20.3. The van der Waals surface area contributed by atoms with Gasteiger partial charge in [0.05, 0.1) is 10.8 Å². The Morgan fingerprint density at radius 1 is 1.14 bits per heavy atom. The van der Waals surface area contributed by atoms with Gasteiger partial charge in [-0.15, -0.1) is 11.3 Å². The second-order valence-electron chi connectivity index (χ2n) is 7.21. The number of amides is 3. The molecule has 1 fully saturated rings. The highest BCUT2D eigenvalue weighted by Crippen LogP contribution is 2.28. The summed E-state index contributed by atoms with van der Waals surface area (Å²) in [5, 5.41) is 0. The number of hydrogen-bond acceptors (Lipinski definition) is 4. The summed E-state index contributed by atoms with van der Waals surface area (Å²) in [7, 11) is 0. The van der Waals surface area contributed by atoms with Gasteiger partial charge in [0.15, 0.2) is 0 Å². The van der Waals surface area contributed by atoms with Crippen LogP contribution >= 0.6 is 11.3 Å². The van der Waals surface area contributed by atoms with Crippen LogP contribution in [0.3, 0.4) is 0 Å². The van der Waals surface area contributed by atoms with Crippen LogP contribution in [-0.4, -0.2) is 41.9 Å². The van der Waals surface area contributed by atoms with Crippen molar-refractivity contribution in [2.24, 2.45) is 5.92 Å². The molecule has 154 valence electrons. The van der Waals surface area contributed by atoms with Crippen molar-refractivity contribution in [1.29, 1.82) is 0 Å². The summed E-state index contributed by atoms with van der Waals surface area (Å²) in [6, 6.07) is 1.84. The van der Waals surface area contributed by atoms with Crippen molar-refractivity contribution in [2.75, 3.05) is 13.1 Å². The van der Waals surface area contributed by atoms with Crippen LogP contribution in [0.4, 0.5) is 13.2 Å². The van der Waals surface area contributed by atoms with Gasteiger partial charge in [0.25, 0.3) is 5.91 Å². The van der Waals surface area contributed by atoms with Crippen LogP contribution in [0.5, 0.6) is 0 Å². The molecule has 1 saturated heterocycles. The summed E-state index contributed by atoms with van der Waals surface area (Å²) in [5.74, 6) is -2.76. The van der Waals surface area contributed by atoms with E-state index in [1.807, 2.05) is 6.07 Å². The Bertz CT molecular complexity index is 737. The molecule has 2 heterocycles. The molecule has 10 heteroatoms. The van der Waals surface area contributed by atoms with Gasteiger partial charge in [0.1, 0.15) is 6.54 Å². The number of fused-ring (bicyclic) bond motifs is 1. The molecule has 2 aliphatic rings. The fourth-order valence-electron chi connectivity index (χ4n) is 3.56. The monoisotopic (exact) mass is 417 g/mol. The molecule has 0 saturated carbocycles. The summed E-state index contributed by atoms with van der Waals surface area (Å²) in [6.07, 6.45) is 1.61. The number of hydrogen-bond donors (Lipinski definition) is 2. The lowest BCUT2D eigenvalue weighted by atomic mass is 10.00. The number of likely N-dealkylation sites (tertiary alicyclic amines) is 1. The zero-order chi connectivity index (χ0) is 20.3. The van der Waals surface area contributed by atoms with E-state index in [0.29, 0.717) is 9.78 Å². The molecular weight excluding hydrogens is 395 g/mol. The molecule has 0 bridgehead atoms. The van der Waals surface area contributed by atoms with E-state index in [1.165, 1.54) is 34.6 Å². The first-order chi connectivity index (χ1) is 13.2. The number of nitrogens with zero attached hydrogens (tertiary/aromatic N) is 1. The molecule has 2 N–H and O–H groups in total. The Morgan fingerprint density at radius 3 is 2.57 bits per heavy atom. The standard InChI is InChI=1S/C18H22F3N3O3S/c19-18(20,21)10-24-9-12(8-15(24)25)16(26)22-23-17(27)14-7-11-5-3-1-2-4-6-13(11)28-14/h7,12H,1-6,8-10H2,(H,22,26)(H,23,27). The minimum absolute atomic E-state index is 0.301. The third-order valence-electron chi connectivity index (χ3n) is 4.98. The van der Waals surface area contributed by atoms with Gasteiger partial charge in [-0.2, -0.15) is 13.2 Å². The van der Waals surface area contributed by atoms with Crippen molar-refractivity contribution in [3.8, 4) is 0 Å². The molecule has 6 nitrogen and oxygen atoms in total. The van der Waals surface area contributed by atoms with Gasteiger partial charge in [0.2, 0.25) is 11.8 Å². The number of rotatable bonds is 3. The van der Waals surface area contributed by atoms with Gasteiger partial charge in [-0.05, 0) is 37.3 Å². The van der Waals surface area contributed by atoms with Gasteiger partial charge in [-0.3, -0.25) is 25.2 Å². The van der Waals surface area contributed by atoms with Gasteiger partial charge < -0.3 is 4.90 Å². The van der Waals surface area contributed by atoms with Crippen molar-refractivity contribution in [3.05, 3.63) is 21.4 Å². The Hall–Kier alpha value is -2.10. The van der Waals surface area contributed by atoms with E-state index in [-0.39, 0.29) is 13.0 Å². The lowest BCUT2D eigenvalue weighted by Crippen LogP contribution is -2.45. The van der Waals surface area contributed by atoms with Crippen LogP contribution in [0.15, 0.2) is 6.07 Å². The molecule has 1 aliphatic carbocycles. The Kier molecular flexibility index (Phi) is 6.26. The SMILES string of the molecule is O=C(NNC(=O)C1CC(=O)N(CC(F)(F)F)C1)c1cc2c(s1)CCCCCC2. The molecular formula is C18H22F3N3O3S. The molecule has 0 aromatic carbocycles. The van der Waals surface area contributed by atoms with E-state index < -0.39 is 36.4 Å². The first-order valence-electron chi connectivity index (χ1n) is 9.29. The minimum Gasteiger partial charge on any atom is -0.333 e. The van der Waals surface area contributed by atoms with Crippen molar-refractivity contribution in [1.82, 2.24) is 15.8 Å². The number of hydrazine groups is 1. The molecule has 28 heavy (non-hydrogen) atoms. The molecule has 3 amide bonds. The lowest BCUT2D eigenvalue weighted by molar-refractivity contribution is -0.157. The molecule has 0 spiro atoms. The van der Waals surface area contributed by atoms with Crippen LogP contribution in [0.2, 0.25) is 0 Å². The Labute approximate surface area is 164 Å². The maximum atomic E-state index is 12.4. The third kappa shape index (κ3) is 5.24. The van der Waals surface area contributed by atoms with Crippen LogP contribution in [0, 0.1) is 5.92 Å². The van der Waals surface area contributed by atoms with Crippen molar-refractivity contribution >= 4 is 29.1 Å². The molecule has 1 aliphatic heterocycles. The van der Waals surface area contributed by atoms with Crippen molar-refractivity contribution in [2.45, 2.75) is 51.1 Å². The van der Waals surface area contributed by atoms with Gasteiger partial charge in [0, 0.05) is 17.8 Å². The fourth-order valence-corrected chi connectivity index (χ4v) is 4.70. The first-order valence-corrected chi connectivity index (χ1v) is 10.1. The second-order valence-corrected chi connectivity index (χ2v) is 8.34. The number of carbonyl (C=O) groups excluding carboxylic acids is 3. The topological polar surface area (TPSA) is 78.5 Å². The average molecular weight is 417 g/mol. The Balaban J connectivity index is 1.53. The number of nitrogens with one attached hydrogen (secondary N) is 2. The second kappa shape index (κ2) is 8.50. The quantitative estimate of drug-likeness (QED) is 0.742. The van der Waals surface area contributed by atoms with Crippen LogP contribution in [0.1, 0.15) is 52.2 Å². The predicted octanol–water partition coefficient (Wildman–Crippen LogP) is 2.58. The first kappa shape index (κ1) is 20.6. The van der Waals surface area contributed by atoms with E-state index in [4.69, 9.17) is 0 Å². The van der Waals surface area contributed by atoms with Crippen LogP contribution in [-0.2, 0) is 22.4 Å². The predicted molar refractivity (Wildman–Crippen MR) is 96.5 cm³/mol. The number of carbonyl (C=O) groups is 3. The summed E-state index contributed by atoms with van der Waals surface area (Å²) in [4.78, 5) is 38.4. The number of aryl methyl sites for hydroxylation is 2. The smallest absolute Gasteiger partial charge is 0.333 e. The molecule has 1 atom stereocenters. The van der Waals surface area contributed by atoms with E-state index >= 15 is 0 Å². The lowest BCUT2D eigenvalue weighted by Gasteiger charge is -2.18. The summed E-state index contributed by atoms with van der Waals surface area (Å²) in [6.45, 7) is -1.68. The maximum absolute atomic E-state index is 12.4. The van der Waals surface area contributed by atoms with E-state index in [0.717, 1.165) is 25.7 Å². The molecule has 0 radical (unpaired) electrons. The highest BCUT2D eigenvalue weighted by atomic mass is 32.1. The summed E-state index contributed by atoms with van der Waals surface area (Å²) >= 11 is 1.41. The number of halogens is 3. The van der Waals surface area contributed by atoms with Gasteiger partial charge >= 0.3 is 6.18 Å². The van der Waals surface area contributed by atoms with Crippen molar-refractivity contribution < 1.29 is 27.6 Å². The number of alkyl halides is 3. The largest absolute Gasteiger partial charge is 0.406 e. The maximum Gasteiger partial charge on any atom is 0.406 e.